The van der Waals surface area contributed by atoms with Crippen LogP contribution >= 0.6 is 11.8 Å². The summed E-state index contributed by atoms with van der Waals surface area (Å²) in [5.41, 5.74) is 2.61. The number of nitrogens with zero attached hydrogens (tertiary/aromatic N) is 2. The molecule has 4 aromatic rings. The van der Waals surface area contributed by atoms with E-state index < -0.39 is 10.0 Å². The van der Waals surface area contributed by atoms with Crippen LogP contribution in [-0.4, -0.2) is 23.7 Å². The molecule has 0 unspecified atom stereocenters. The van der Waals surface area contributed by atoms with Crippen molar-refractivity contribution in [2.75, 3.05) is 5.75 Å². The number of nitrogens with two attached hydrogens (primary N) is 1. The molecule has 3 aromatic carbocycles. The van der Waals surface area contributed by atoms with Gasteiger partial charge in [0.25, 0.3) is 5.56 Å². The lowest BCUT2D eigenvalue weighted by Crippen LogP contribution is -2.24. The molecule has 0 atom stereocenters. The lowest BCUT2D eigenvalue weighted by molar-refractivity contribution is 0.594. The smallest absolute Gasteiger partial charge is 0.262 e. The molecular formula is C25H23N3O3S2. The first-order valence-corrected chi connectivity index (χ1v) is 12.9. The van der Waals surface area contributed by atoms with Gasteiger partial charge in [-0.05, 0) is 41.8 Å². The number of aromatic nitrogens is 2. The number of fused-ring (bicyclic) bond motifs is 1. The molecule has 1 heterocycles. The predicted molar refractivity (Wildman–Crippen MR) is 134 cm³/mol. The molecule has 8 heteroatoms. The normalized spacial score (nSPS) is 11.9. The van der Waals surface area contributed by atoms with Crippen LogP contribution in [0.2, 0.25) is 0 Å². The maximum absolute atomic E-state index is 13.2. The predicted octanol–water partition coefficient (Wildman–Crippen LogP) is 4.09. The number of primary sulfonamides is 1. The first-order valence-electron chi connectivity index (χ1n) is 10.4. The summed E-state index contributed by atoms with van der Waals surface area (Å²) < 4.78 is 24.6. The maximum atomic E-state index is 13.2. The van der Waals surface area contributed by atoms with E-state index in [1.807, 2.05) is 54.6 Å². The van der Waals surface area contributed by atoms with Gasteiger partial charge < -0.3 is 0 Å². The van der Waals surface area contributed by atoms with E-state index in [0.29, 0.717) is 34.8 Å². The fourth-order valence-electron chi connectivity index (χ4n) is 3.41. The minimum Gasteiger partial charge on any atom is -0.287 e. The highest BCUT2D eigenvalue weighted by molar-refractivity contribution is 7.99. The molecule has 0 bridgehead atoms. The zero-order chi connectivity index (χ0) is 23.3. The van der Waals surface area contributed by atoms with E-state index in [1.54, 1.807) is 22.8 Å². The quantitative estimate of drug-likeness (QED) is 0.305. The average molecular weight is 478 g/mol. The highest BCUT2D eigenvalue weighted by atomic mass is 32.2. The third kappa shape index (κ3) is 5.78. The Bertz CT molecular complexity index is 1450. The Morgan fingerprint density at radius 3 is 2.36 bits per heavy atom. The molecule has 0 fully saturated rings. The Kier molecular flexibility index (Phi) is 7.08. The van der Waals surface area contributed by atoms with E-state index in [2.05, 4.69) is 6.08 Å². The minimum atomic E-state index is -3.73. The van der Waals surface area contributed by atoms with Gasteiger partial charge >= 0.3 is 0 Å². The maximum Gasteiger partial charge on any atom is 0.262 e. The standard InChI is InChI=1S/C25H23N3O3S2/c26-33(30,31)21-14-12-20(13-15-21)16-17-28-24(29)22-10-4-5-11-23(22)27-25(28)32-18-6-9-19-7-2-1-3-8-19/h1-15H,16-18H2,(H2,26,30,31)/b9-6+. The van der Waals surface area contributed by atoms with Crippen LogP contribution in [0.4, 0.5) is 0 Å². The van der Waals surface area contributed by atoms with Crippen molar-refractivity contribution in [1.29, 1.82) is 0 Å². The molecule has 0 saturated carbocycles. The molecule has 1 aromatic heterocycles. The molecule has 0 spiro atoms. The van der Waals surface area contributed by atoms with Crippen LogP contribution in [0, 0.1) is 0 Å². The van der Waals surface area contributed by atoms with Gasteiger partial charge in [0, 0.05) is 12.3 Å². The zero-order valence-electron chi connectivity index (χ0n) is 17.8. The van der Waals surface area contributed by atoms with E-state index in [9.17, 15) is 13.2 Å². The molecule has 0 amide bonds. The fourth-order valence-corrected chi connectivity index (χ4v) is 4.76. The van der Waals surface area contributed by atoms with Crippen molar-refractivity contribution >= 4 is 38.8 Å². The lowest BCUT2D eigenvalue weighted by atomic mass is 10.1. The number of hydrogen-bond acceptors (Lipinski definition) is 5. The van der Waals surface area contributed by atoms with Gasteiger partial charge in [-0.15, -0.1) is 0 Å². The van der Waals surface area contributed by atoms with Gasteiger partial charge in [0.1, 0.15) is 0 Å². The number of benzene rings is 3. The molecule has 0 radical (unpaired) electrons. The minimum absolute atomic E-state index is 0.0669. The van der Waals surface area contributed by atoms with Crippen molar-refractivity contribution in [3.63, 3.8) is 0 Å². The molecule has 4 rings (SSSR count). The van der Waals surface area contributed by atoms with Crippen molar-refractivity contribution in [1.82, 2.24) is 9.55 Å². The molecule has 0 aliphatic heterocycles. The van der Waals surface area contributed by atoms with Gasteiger partial charge in [0.15, 0.2) is 5.16 Å². The van der Waals surface area contributed by atoms with E-state index in [4.69, 9.17) is 10.1 Å². The average Bonchev–Trinajstić information content (AvgIpc) is 2.82. The first-order chi connectivity index (χ1) is 15.9. The third-order valence-electron chi connectivity index (χ3n) is 5.12. The van der Waals surface area contributed by atoms with Crippen molar-refractivity contribution in [2.45, 2.75) is 23.0 Å². The molecule has 2 N–H and O–H groups in total. The van der Waals surface area contributed by atoms with Crippen LogP contribution < -0.4 is 10.7 Å². The Balaban J connectivity index is 1.57. The third-order valence-corrected chi connectivity index (χ3v) is 6.98. The Hall–Kier alpha value is -3.20. The number of sulfonamides is 1. The summed E-state index contributed by atoms with van der Waals surface area (Å²) >= 11 is 1.51. The summed E-state index contributed by atoms with van der Waals surface area (Å²) in [6.45, 7) is 0.427. The van der Waals surface area contributed by atoms with Crippen LogP contribution in [0.5, 0.6) is 0 Å². The number of hydrogen-bond donors (Lipinski definition) is 1. The molecular weight excluding hydrogens is 454 g/mol. The van der Waals surface area contributed by atoms with Crippen molar-refractivity contribution < 1.29 is 8.42 Å². The van der Waals surface area contributed by atoms with Crippen LogP contribution in [0.3, 0.4) is 0 Å². The highest BCUT2D eigenvalue weighted by Gasteiger charge is 2.12. The number of thioether (sulfide) groups is 1. The van der Waals surface area contributed by atoms with E-state index in [0.717, 1.165) is 11.1 Å². The van der Waals surface area contributed by atoms with E-state index in [1.165, 1.54) is 23.9 Å². The summed E-state index contributed by atoms with van der Waals surface area (Å²) in [5, 5.41) is 6.40. The second-order valence-electron chi connectivity index (χ2n) is 7.43. The van der Waals surface area contributed by atoms with Gasteiger partial charge in [-0.25, -0.2) is 18.5 Å². The second kappa shape index (κ2) is 10.2. The van der Waals surface area contributed by atoms with Crippen LogP contribution in [0.1, 0.15) is 11.1 Å². The Morgan fingerprint density at radius 2 is 1.64 bits per heavy atom. The summed E-state index contributed by atoms with van der Waals surface area (Å²) in [4.78, 5) is 18.0. The lowest BCUT2D eigenvalue weighted by Gasteiger charge is -2.13. The highest BCUT2D eigenvalue weighted by Crippen LogP contribution is 2.19. The number of para-hydroxylation sites is 1. The molecule has 0 aliphatic rings. The summed E-state index contributed by atoms with van der Waals surface area (Å²) in [6, 6.07) is 23.8. The summed E-state index contributed by atoms with van der Waals surface area (Å²) in [7, 11) is -3.73. The van der Waals surface area contributed by atoms with Crippen molar-refractivity contribution in [3.05, 3.63) is 106 Å². The molecule has 0 saturated heterocycles. The van der Waals surface area contributed by atoms with Gasteiger partial charge in [-0.3, -0.25) is 9.36 Å². The monoisotopic (exact) mass is 477 g/mol. The molecule has 6 nitrogen and oxygen atoms in total. The number of aryl methyl sites for hydroxylation is 1. The Labute approximate surface area is 196 Å². The topological polar surface area (TPSA) is 95.1 Å². The van der Waals surface area contributed by atoms with Crippen molar-refractivity contribution in [3.8, 4) is 0 Å². The number of rotatable bonds is 8. The SMILES string of the molecule is NS(=O)(=O)c1ccc(CCn2c(SC/C=C/c3ccccc3)nc3ccccc3c2=O)cc1. The van der Waals surface area contributed by atoms with Gasteiger partial charge in [0.2, 0.25) is 10.0 Å². The second-order valence-corrected chi connectivity index (χ2v) is 9.98. The van der Waals surface area contributed by atoms with Gasteiger partial charge in [-0.2, -0.15) is 0 Å². The van der Waals surface area contributed by atoms with Crippen molar-refractivity contribution in [2.24, 2.45) is 5.14 Å². The van der Waals surface area contributed by atoms with Gasteiger partial charge in [0.05, 0.1) is 15.8 Å². The van der Waals surface area contributed by atoms with Gasteiger partial charge in [-0.1, -0.05) is 78.5 Å². The van der Waals surface area contributed by atoms with Crippen LogP contribution in [0.15, 0.2) is 99.8 Å². The zero-order valence-corrected chi connectivity index (χ0v) is 19.4. The van der Waals surface area contributed by atoms with E-state index >= 15 is 0 Å². The fraction of sp³-hybridized carbons (Fsp3) is 0.120. The summed E-state index contributed by atoms with van der Waals surface area (Å²) in [5.74, 6) is 0.669. The molecule has 168 valence electrons. The Morgan fingerprint density at radius 1 is 0.939 bits per heavy atom. The first kappa shape index (κ1) is 23.0. The molecule has 0 aliphatic carbocycles. The molecule has 33 heavy (non-hydrogen) atoms. The van der Waals surface area contributed by atoms with Crippen LogP contribution in [0.25, 0.3) is 17.0 Å². The van der Waals surface area contributed by atoms with E-state index in [-0.39, 0.29) is 10.5 Å². The summed E-state index contributed by atoms with van der Waals surface area (Å²) in [6.07, 6.45) is 4.65. The largest absolute Gasteiger partial charge is 0.287 e. The van der Waals surface area contributed by atoms with Crippen LogP contribution in [-0.2, 0) is 23.0 Å².